The molecule has 1 aliphatic carbocycles. The Balaban J connectivity index is 1.42. The summed E-state index contributed by atoms with van der Waals surface area (Å²) in [6.07, 6.45) is 2.30. The molecule has 1 aliphatic heterocycles. The van der Waals surface area contributed by atoms with E-state index >= 15 is 0 Å². The third-order valence-electron chi connectivity index (χ3n) is 5.84. The van der Waals surface area contributed by atoms with Gasteiger partial charge in [-0.1, -0.05) is 24.3 Å². The molecular formula is C22H25N3O5S. The second-order valence-corrected chi connectivity index (χ2v) is 10.1. The molecule has 9 heteroatoms. The third-order valence-corrected chi connectivity index (χ3v) is 7.67. The minimum absolute atomic E-state index is 0.104. The Bertz CT molecular complexity index is 1110. The molecule has 31 heavy (non-hydrogen) atoms. The minimum atomic E-state index is -3.51. The van der Waals surface area contributed by atoms with Crippen LogP contribution in [0.2, 0.25) is 0 Å². The zero-order valence-corrected chi connectivity index (χ0v) is 18.3. The molecule has 2 aliphatic rings. The van der Waals surface area contributed by atoms with E-state index in [2.05, 4.69) is 5.32 Å². The first-order valence-corrected chi connectivity index (χ1v) is 11.6. The van der Waals surface area contributed by atoms with E-state index in [1.807, 2.05) is 24.3 Å². The number of amides is 3. The van der Waals surface area contributed by atoms with Gasteiger partial charge in [-0.15, -0.1) is 0 Å². The van der Waals surface area contributed by atoms with Crippen molar-refractivity contribution in [1.82, 2.24) is 14.5 Å². The molecule has 0 radical (unpaired) electrons. The number of carbonyl (C=O) groups excluding carboxylic acids is 2. The maximum Gasteiger partial charge on any atom is 0.325 e. The summed E-state index contributed by atoms with van der Waals surface area (Å²) >= 11 is 0. The molecule has 0 unspecified atom stereocenters. The van der Waals surface area contributed by atoms with E-state index in [0.717, 1.165) is 28.3 Å². The number of aryl methyl sites for hydroxylation is 1. The fourth-order valence-electron chi connectivity index (χ4n) is 4.19. The summed E-state index contributed by atoms with van der Waals surface area (Å²) in [4.78, 5) is 27.2. The highest BCUT2D eigenvalue weighted by molar-refractivity contribution is 7.89. The maximum absolute atomic E-state index is 13.2. The number of imide groups is 1. The Kier molecular flexibility index (Phi) is 5.49. The topological polar surface area (TPSA) is 96.0 Å². The molecular weight excluding hydrogens is 418 g/mol. The van der Waals surface area contributed by atoms with Gasteiger partial charge in [0.15, 0.2) is 0 Å². The van der Waals surface area contributed by atoms with Crippen LogP contribution in [0.4, 0.5) is 4.79 Å². The lowest BCUT2D eigenvalue weighted by Gasteiger charge is -2.33. The third kappa shape index (κ3) is 3.68. The molecule has 2 aromatic carbocycles. The fraction of sp³-hybridized carbons (Fsp3) is 0.364. The first-order chi connectivity index (χ1) is 14.8. The average Bonchev–Trinajstić information content (AvgIpc) is 2.99. The highest BCUT2D eigenvalue weighted by Crippen LogP contribution is 2.39. The van der Waals surface area contributed by atoms with E-state index in [4.69, 9.17) is 4.74 Å². The summed E-state index contributed by atoms with van der Waals surface area (Å²) in [6, 6.07) is 13.4. The highest BCUT2D eigenvalue weighted by atomic mass is 32.2. The van der Waals surface area contributed by atoms with E-state index in [1.165, 1.54) is 31.1 Å². The fourth-order valence-corrected chi connectivity index (χ4v) is 5.09. The van der Waals surface area contributed by atoms with E-state index in [9.17, 15) is 18.0 Å². The number of benzene rings is 2. The van der Waals surface area contributed by atoms with Gasteiger partial charge < -0.3 is 10.1 Å². The van der Waals surface area contributed by atoms with Crippen LogP contribution >= 0.6 is 0 Å². The van der Waals surface area contributed by atoms with Crippen molar-refractivity contribution in [3.8, 4) is 5.75 Å². The second-order valence-electron chi connectivity index (χ2n) is 7.91. The summed E-state index contributed by atoms with van der Waals surface area (Å²) in [5, 5.41) is 2.92. The van der Waals surface area contributed by atoms with E-state index in [1.54, 1.807) is 12.1 Å². The molecule has 8 nitrogen and oxygen atoms in total. The molecule has 3 amide bonds. The van der Waals surface area contributed by atoms with Crippen LogP contribution in [0.1, 0.15) is 24.0 Å². The van der Waals surface area contributed by atoms with Crippen molar-refractivity contribution in [1.29, 1.82) is 0 Å². The SMILES string of the molecule is CN(C)S(=O)(=O)c1ccc(OCCN2C(=O)N[C@@]3(CCCc4ccccc43)C2=O)cc1. The van der Waals surface area contributed by atoms with E-state index in [-0.39, 0.29) is 24.0 Å². The predicted molar refractivity (Wildman–Crippen MR) is 114 cm³/mol. The molecule has 0 saturated carbocycles. The summed E-state index contributed by atoms with van der Waals surface area (Å²) in [5.74, 6) is 0.211. The van der Waals surface area contributed by atoms with Crippen molar-refractivity contribution in [2.75, 3.05) is 27.2 Å². The summed E-state index contributed by atoms with van der Waals surface area (Å²) in [7, 11) is -0.575. The van der Waals surface area contributed by atoms with Crippen LogP contribution in [0, 0.1) is 0 Å². The minimum Gasteiger partial charge on any atom is -0.492 e. The normalized spacial score (nSPS) is 20.8. The lowest BCUT2D eigenvalue weighted by atomic mass is 9.76. The molecule has 1 spiro atoms. The number of sulfonamides is 1. The van der Waals surface area contributed by atoms with Crippen molar-refractivity contribution in [2.24, 2.45) is 0 Å². The van der Waals surface area contributed by atoms with Crippen LogP contribution in [0.3, 0.4) is 0 Å². The number of fused-ring (bicyclic) bond motifs is 2. The van der Waals surface area contributed by atoms with Crippen LogP contribution in [-0.4, -0.2) is 56.8 Å². The van der Waals surface area contributed by atoms with E-state index < -0.39 is 21.6 Å². The number of carbonyl (C=O) groups is 2. The van der Waals surface area contributed by atoms with Crippen molar-refractivity contribution < 1.29 is 22.7 Å². The molecule has 164 valence electrons. The number of nitrogens with one attached hydrogen (secondary N) is 1. The van der Waals surface area contributed by atoms with Crippen molar-refractivity contribution in [2.45, 2.75) is 29.7 Å². The van der Waals surface area contributed by atoms with Gasteiger partial charge in [0.05, 0.1) is 11.4 Å². The Labute approximate surface area is 181 Å². The van der Waals surface area contributed by atoms with Crippen LogP contribution in [-0.2, 0) is 26.8 Å². The van der Waals surface area contributed by atoms with Crippen molar-refractivity contribution >= 4 is 22.0 Å². The van der Waals surface area contributed by atoms with Gasteiger partial charge in [0, 0.05) is 14.1 Å². The lowest BCUT2D eigenvalue weighted by Crippen LogP contribution is -2.46. The number of rotatable bonds is 6. The molecule has 2 aromatic rings. The molecule has 1 fully saturated rings. The van der Waals surface area contributed by atoms with Crippen LogP contribution < -0.4 is 10.1 Å². The van der Waals surface area contributed by atoms with Gasteiger partial charge in [-0.3, -0.25) is 9.69 Å². The monoisotopic (exact) mass is 443 g/mol. The van der Waals surface area contributed by atoms with Crippen molar-refractivity contribution in [3.05, 3.63) is 59.7 Å². The first kappa shape index (κ1) is 21.3. The number of nitrogens with zero attached hydrogens (tertiary/aromatic N) is 2. The molecule has 1 atom stereocenters. The van der Waals surface area contributed by atoms with Crippen LogP contribution in [0.5, 0.6) is 5.75 Å². The molecule has 0 aromatic heterocycles. The number of urea groups is 1. The van der Waals surface area contributed by atoms with Crippen LogP contribution in [0.25, 0.3) is 0 Å². The molecule has 0 bridgehead atoms. The Morgan fingerprint density at radius 1 is 1.10 bits per heavy atom. The van der Waals surface area contributed by atoms with E-state index in [0.29, 0.717) is 12.2 Å². The highest BCUT2D eigenvalue weighted by Gasteiger charge is 2.53. The van der Waals surface area contributed by atoms with Gasteiger partial charge in [-0.2, -0.15) is 0 Å². The smallest absolute Gasteiger partial charge is 0.325 e. The summed E-state index contributed by atoms with van der Waals surface area (Å²) in [5.41, 5.74) is 0.975. The number of ether oxygens (including phenoxy) is 1. The second kappa shape index (κ2) is 7.97. The Hall–Kier alpha value is -2.91. The van der Waals surface area contributed by atoms with Crippen molar-refractivity contribution in [3.63, 3.8) is 0 Å². The molecule has 1 heterocycles. The molecule has 1 saturated heterocycles. The number of hydrogen-bond donors (Lipinski definition) is 1. The van der Waals surface area contributed by atoms with Gasteiger partial charge in [-0.25, -0.2) is 17.5 Å². The Morgan fingerprint density at radius 3 is 2.52 bits per heavy atom. The maximum atomic E-state index is 13.2. The standard InChI is InChI=1S/C22H25N3O5S/c1-24(2)31(28,29)18-11-9-17(10-12-18)30-15-14-25-20(26)22(23-21(25)27)13-5-7-16-6-3-4-8-19(16)22/h3-4,6,8-12H,5,7,13-15H2,1-2H3,(H,23,27)/t22-/m1/s1. The summed E-state index contributed by atoms with van der Waals surface area (Å²) in [6.45, 7) is 0.211. The zero-order chi connectivity index (χ0) is 22.2. The van der Waals surface area contributed by atoms with Gasteiger partial charge in [0.25, 0.3) is 5.91 Å². The molecule has 1 N–H and O–H groups in total. The van der Waals surface area contributed by atoms with Gasteiger partial charge in [0.1, 0.15) is 17.9 Å². The van der Waals surface area contributed by atoms with Crippen LogP contribution in [0.15, 0.2) is 53.4 Å². The van der Waals surface area contributed by atoms with Gasteiger partial charge in [0.2, 0.25) is 10.0 Å². The zero-order valence-electron chi connectivity index (χ0n) is 17.5. The quantitative estimate of drug-likeness (QED) is 0.690. The number of hydrogen-bond acceptors (Lipinski definition) is 5. The molecule has 4 rings (SSSR count). The van der Waals surface area contributed by atoms with Gasteiger partial charge in [-0.05, 0) is 54.7 Å². The predicted octanol–water partition coefficient (Wildman–Crippen LogP) is 2.10. The first-order valence-electron chi connectivity index (χ1n) is 10.1. The Morgan fingerprint density at radius 2 is 1.81 bits per heavy atom. The summed E-state index contributed by atoms with van der Waals surface area (Å²) < 4.78 is 31.1. The van der Waals surface area contributed by atoms with Gasteiger partial charge >= 0.3 is 6.03 Å². The average molecular weight is 444 g/mol. The lowest BCUT2D eigenvalue weighted by molar-refractivity contribution is -0.132. The largest absolute Gasteiger partial charge is 0.492 e.